The number of benzene rings is 1. The monoisotopic (exact) mass is 365 g/mol. The van der Waals surface area contributed by atoms with Gasteiger partial charge in [-0.2, -0.15) is 0 Å². The first-order valence-electron chi connectivity index (χ1n) is 7.52. The number of esters is 1. The van der Waals surface area contributed by atoms with Gasteiger partial charge in [0.25, 0.3) is 0 Å². The number of ketones is 1. The van der Waals surface area contributed by atoms with Crippen LogP contribution in [0.2, 0.25) is 10.0 Å². The van der Waals surface area contributed by atoms with E-state index >= 15 is 0 Å². The smallest absolute Gasteiger partial charge is 0.336 e. The predicted octanol–water partition coefficient (Wildman–Crippen LogP) is 2.73. The molecular weight excluding hydrogens is 353 g/mol. The Morgan fingerprint density at radius 1 is 1.04 bits per heavy atom. The number of hydrogen-bond acceptors (Lipinski definition) is 5. The molecule has 4 rings (SSSR count). The first-order chi connectivity index (χ1) is 11.6. The lowest BCUT2D eigenvalue weighted by Gasteiger charge is -2.36. The van der Waals surface area contributed by atoms with E-state index in [4.69, 9.17) is 32.7 Å². The Bertz CT molecular complexity index is 786. The largest absolute Gasteiger partial charge is 0.462 e. The molecule has 0 saturated carbocycles. The second-order valence-corrected chi connectivity index (χ2v) is 6.63. The minimum atomic E-state index is -0.518. The Morgan fingerprint density at radius 3 is 2.67 bits per heavy atom. The zero-order valence-corrected chi connectivity index (χ0v) is 14.0. The molecule has 3 aliphatic rings. The van der Waals surface area contributed by atoms with Gasteiger partial charge in [0.05, 0.1) is 28.8 Å². The normalized spacial score (nSPS) is 23.5. The van der Waals surface area contributed by atoms with E-state index in [1.807, 2.05) is 0 Å². The lowest BCUT2D eigenvalue weighted by atomic mass is 9.77. The van der Waals surface area contributed by atoms with Gasteiger partial charge in [0.15, 0.2) is 5.78 Å². The number of hydrogen-bond donors (Lipinski definition) is 1. The summed E-state index contributed by atoms with van der Waals surface area (Å²) in [6, 6.07) is 5.14. The summed E-state index contributed by atoms with van der Waals surface area (Å²) in [5.74, 6) is -1.08. The van der Waals surface area contributed by atoms with E-state index in [1.165, 1.54) is 0 Å². The number of nitrogens with one attached hydrogen (secondary N) is 1. The molecule has 1 N–H and O–H groups in total. The van der Waals surface area contributed by atoms with Gasteiger partial charge in [-0.3, -0.25) is 4.79 Å². The topological polar surface area (TPSA) is 64.6 Å². The fourth-order valence-corrected chi connectivity index (χ4v) is 3.67. The number of halogens is 2. The maximum absolute atomic E-state index is 12.5. The van der Waals surface area contributed by atoms with Crippen LogP contribution < -0.4 is 5.32 Å². The van der Waals surface area contributed by atoms with Gasteiger partial charge in [-0.25, -0.2) is 4.79 Å². The quantitative estimate of drug-likeness (QED) is 0.775. The summed E-state index contributed by atoms with van der Waals surface area (Å²) in [4.78, 5) is 24.9. The van der Waals surface area contributed by atoms with Crippen LogP contribution in [0, 0.1) is 0 Å². The summed E-state index contributed by atoms with van der Waals surface area (Å²) in [6.45, 7) is 0.622. The summed E-state index contributed by atoms with van der Waals surface area (Å²) in [7, 11) is 0. The zero-order chi connectivity index (χ0) is 16.8. The molecule has 5 nitrogen and oxygen atoms in total. The molecule has 1 aromatic rings. The molecule has 7 heteroatoms. The van der Waals surface area contributed by atoms with Crippen LogP contribution in [-0.2, 0) is 19.1 Å². The maximum Gasteiger partial charge on any atom is 0.336 e. The number of cyclic esters (lactones) is 1. The van der Waals surface area contributed by atoms with Crippen molar-refractivity contribution < 1.29 is 19.1 Å². The molecule has 24 heavy (non-hydrogen) atoms. The van der Waals surface area contributed by atoms with Crippen LogP contribution in [0.3, 0.4) is 0 Å². The number of carbonyl (C=O) groups excluding carboxylic acids is 2. The van der Waals surface area contributed by atoms with Crippen LogP contribution >= 0.6 is 23.2 Å². The van der Waals surface area contributed by atoms with Crippen molar-refractivity contribution in [1.29, 1.82) is 0 Å². The fourth-order valence-electron chi connectivity index (χ4n) is 3.36. The van der Waals surface area contributed by atoms with Crippen molar-refractivity contribution in [3.05, 3.63) is 56.3 Å². The molecule has 0 radical (unpaired) electrons. The molecule has 0 saturated heterocycles. The van der Waals surface area contributed by atoms with Gasteiger partial charge < -0.3 is 14.8 Å². The highest BCUT2D eigenvalue weighted by atomic mass is 35.5. The molecule has 0 aromatic heterocycles. The highest BCUT2D eigenvalue weighted by molar-refractivity contribution is 6.42. The second-order valence-electron chi connectivity index (χ2n) is 5.82. The van der Waals surface area contributed by atoms with E-state index in [-0.39, 0.29) is 12.4 Å². The molecule has 0 amide bonds. The van der Waals surface area contributed by atoms with Crippen molar-refractivity contribution in [3.8, 4) is 0 Å². The van der Waals surface area contributed by atoms with Gasteiger partial charge in [-0.1, -0.05) is 29.3 Å². The molecular formula is C17H13Cl2NO4. The SMILES string of the molecule is O=C1COCC2=C1C(c1ccc(Cl)c(Cl)c1)C1=C(CCOC1=O)N2. The van der Waals surface area contributed by atoms with Crippen molar-refractivity contribution >= 4 is 35.0 Å². The number of ether oxygens (including phenoxy) is 2. The summed E-state index contributed by atoms with van der Waals surface area (Å²) in [6.07, 6.45) is 0.573. The third-order valence-corrected chi connectivity index (χ3v) is 5.13. The molecule has 0 bridgehead atoms. The molecule has 3 heterocycles. The summed E-state index contributed by atoms with van der Waals surface area (Å²) in [5.41, 5.74) is 3.22. The van der Waals surface area contributed by atoms with E-state index in [0.717, 1.165) is 11.3 Å². The van der Waals surface area contributed by atoms with E-state index < -0.39 is 11.9 Å². The van der Waals surface area contributed by atoms with Gasteiger partial charge in [0.1, 0.15) is 6.61 Å². The molecule has 0 fully saturated rings. The molecule has 0 aliphatic carbocycles. The number of dihydropyridines is 1. The van der Waals surface area contributed by atoms with Crippen LogP contribution in [0.15, 0.2) is 40.7 Å². The molecule has 0 spiro atoms. The third-order valence-electron chi connectivity index (χ3n) is 4.39. The van der Waals surface area contributed by atoms with E-state index in [9.17, 15) is 9.59 Å². The minimum absolute atomic E-state index is 0.00397. The van der Waals surface area contributed by atoms with Crippen molar-refractivity contribution in [2.75, 3.05) is 19.8 Å². The minimum Gasteiger partial charge on any atom is -0.462 e. The first-order valence-corrected chi connectivity index (χ1v) is 8.28. The molecule has 3 aliphatic heterocycles. The van der Waals surface area contributed by atoms with Gasteiger partial charge in [0.2, 0.25) is 0 Å². The lowest BCUT2D eigenvalue weighted by Crippen LogP contribution is -2.40. The van der Waals surface area contributed by atoms with Crippen LogP contribution in [0.25, 0.3) is 0 Å². The standard InChI is InChI=1S/C17H13Cl2NO4/c18-9-2-1-8(5-10(9)19)14-15-12(6-23-7-13(15)21)20-11-3-4-24-17(22)16(11)14/h1-2,5,14,20H,3-4,6-7H2. The number of carbonyl (C=O) groups is 2. The molecule has 1 atom stereocenters. The summed E-state index contributed by atoms with van der Waals surface area (Å²) < 4.78 is 10.5. The number of rotatable bonds is 1. The second kappa shape index (κ2) is 5.92. The number of Topliss-reactive ketones (excluding diaryl/α,β-unsaturated/α-hetero) is 1. The van der Waals surface area contributed by atoms with Crippen molar-refractivity contribution in [2.45, 2.75) is 12.3 Å². The zero-order valence-electron chi connectivity index (χ0n) is 12.5. The Morgan fingerprint density at radius 2 is 1.88 bits per heavy atom. The molecule has 1 aromatic carbocycles. The average Bonchev–Trinajstić information content (AvgIpc) is 2.56. The van der Waals surface area contributed by atoms with E-state index in [0.29, 0.717) is 46.5 Å². The van der Waals surface area contributed by atoms with E-state index in [2.05, 4.69) is 5.32 Å². The van der Waals surface area contributed by atoms with Crippen LogP contribution in [-0.4, -0.2) is 31.6 Å². The van der Waals surface area contributed by atoms with E-state index in [1.54, 1.807) is 18.2 Å². The van der Waals surface area contributed by atoms with Gasteiger partial charge in [-0.15, -0.1) is 0 Å². The summed E-state index contributed by atoms with van der Waals surface area (Å²) >= 11 is 12.2. The first kappa shape index (κ1) is 15.7. The molecule has 1 unspecified atom stereocenters. The highest BCUT2D eigenvalue weighted by Gasteiger charge is 2.41. The van der Waals surface area contributed by atoms with Crippen molar-refractivity contribution in [2.24, 2.45) is 0 Å². The summed E-state index contributed by atoms with van der Waals surface area (Å²) in [5, 5.41) is 3.99. The Hall–Kier alpha value is -1.82. The van der Waals surface area contributed by atoms with Crippen molar-refractivity contribution in [1.82, 2.24) is 5.32 Å². The molecule has 124 valence electrons. The fraction of sp³-hybridized carbons (Fsp3) is 0.294. The highest BCUT2D eigenvalue weighted by Crippen LogP contribution is 2.43. The average molecular weight is 366 g/mol. The maximum atomic E-state index is 12.5. The van der Waals surface area contributed by atoms with Crippen LogP contribution in [0.1, 0.15) is 17.9 Å². The van der Waals surface area contributed by atoms with Crippen LogP contribution in [0.4, 0.5) is 0 Å². The van der Waals surface area contributed by atoms with Gasteiger partial charge >= 0.3 is 5.97 Å². The van der Waals surface area contributed by atoms with Gasteiger partial charge in [-0.05, 0) is 17.7 Å². The van der Waals surface area contributed by atoms with Gasteiger partial charge in [0, 0.05) is 29.3 Å². The van der Waals surface area contributed by atoms with Crippen molar-refractivity contribution in [3.63, 3.8) is 0 Å². The Balaban J connectivity index is 1.92. The lowest BCUT2D eigenvalue weighted by molar-refractivity contribution is -0.140. The Labute approximate surface area is 148 Å². The van der Waals surface area contributed by atoms with Crippen LogP contribution in [0.5, 0.6) is 0 Å². The Kier molecular flexibility index (Phi) is 3.87. The third kappa shape index (κ3) is 2.44. The predicted molar refractivity (Wildman–Crippen MR) is 87.8 cm³/mol.